The average Bonchev–Trinajstić information content (AvgIpc) is 2.79. The van der Waals surface area contributed by atoms with Gasteiger partial charge in [-0.25, -0.2) is 13.1 Å². The maximum Gasteiger partial charge on any atom is 0.250 e. The van der Waals surface area contributed by atoms with Crippen molar-refractivity contribution in [2.75, 3.05) is 0 Å². The van der Waals surface area contributed by atoms with Crippen LogP contribution in [0.15, 0.2) is 14.1 Å². The molecule has 1 aliphatic rings. The molecule has 0 unspecified atom stereocenters. The van der Waals surface area contributed by atoms with Crippen LogP contribution in [0, 0.1) is 6.92 Å². The molecule has 6 heteroatoms. The molecule has 0 radical (unpaired) electrons. The normalized spacial score (nSPS) is 17.3. The first-order valence-electron chi connectivity index (χ1n) is 4.27. The molecule has 0 aliphatic heterocycles. The molecule has 1 fully saturated rings. The number of rotatable bonds is 3. The van der Waals surface area contributed by atoms with Gasteiger partial charge in [-0.2, -0.15) is 0 Å². The minimum absolute atomic E-state index is 0.168. The van der Waals surface area contributed by atoms with E-state index >= 15 is 0 Å². The second kappa shape index (κ2) is 3.59. The van der Waals surface area contributed by atoms with E-state index in [2.05, 4.69) is 20.7 Å². The van der Waals surface area contributed by atoms with Crippen LogP contribution in [0.3, 0.4) is 0 Å². The Balaban J connectivity index is 2.28. The summed E-state index contributed by atoms with van der Waals surface area (Å²) in [7, 11) is -3.26. The Bertz CT molecular complexity index is 428. The molecule has 1 heterocycles. The average molecular weight is 296 g/mol. The van der Waals surface area contributed by atoms with Crippen LogP contribution in [-0.4, -0.2) is 14.5 Å². The Hall–Kier alpha value is 0.0900. The fourth-order valence-electron chi connectivity index (χ4n) is 1.04. The molecule has 1 aromatic rings. The maximum absolute atomic E-state index is 11.7. The number of hydrogen-bond acceptors (Lipinski definition) is 3. The third-order valence-electron chi connectivity index (χ3n) is 2.00. The third-order valence-corrected chi connectivity index (χ3v) is 6.13. The van der Waals surface area contributed by atoms with Crippen LogP contribution < -0.4 is 4.72 Å². The van der Waals surface area contributed by atoms with Crippen molar-refractivity contribution in [2.24, 2.45) is 0 Å². The van der Waals surface area contributed by atoms with Gasteiger partial charge in [-0.15, -0.1) is 11.3 Å². The van der Waals surface area contributed by atoms with Crippen LogP contribution in [0.25, 0.3) is 0 Å². The maximum atomic E-state index is 11.7. The first kappa shape index (κ1) is 10.6. The van der Waals surface area contributed by atoms with Gasteiger partial charge < -0.3 is 0 Å². The van der Waals surface area contributed by atoms with Gasteiger partial charge in [0.2, 0.25) is 10.0 Å². The number of thiophene rings is 1. The second-order valence-corrected chi connectivity index (χ2v) is 7.73. The lowest BCUT2D eigenvalue weighted by molar-refractivity contribution is 0.583. The van der Waals surface area contributed by atoms with Gasteiger partial charge in [-0.1, -0.05) is 0 Å². The zero-order chi connectivity index (χ0) is 10.3. The fourth-order valence-corrected chi connectivity index (χ4v) is 4.59. The number of sulfonamides is 1. The summed E-state index contributed by atoms with van der Waals surface area (Å²) >= 11 is 4.57. The zero-order valence-electron chi connectivity index (χ0n) is 7.58. The number of halogens is 1. The van der Waals surface area contributed by atoms with Crippen LogP contribution in [0.1, 0.15) is 18.4 Å². The number of aryl methyl sites for hydroxylation is 1. The third kappa shape index (κ3) is 2.18. The molecule has 3 nitrogen and oxygen atoms in total. The summed E-state index contributed by atoms with van der Waals surface area (Å²) in [4.78, 5) is 0. The Labute approximate surface area is 95.7 Å². The number of hydrogen-bond donors (Lipinski definition) is 1. The summed E-state index contributed by atoms with van der Waals surface area (Å²) in [6.07, 6.45) is 1.93. The summed E-state index contributed by atoms with van der Waals surface area (Å²) in [5.74, 6) is 0. The minimum atomic E-state index is -3.26. The molecule has 1 aliphatic carbocycles. The van der Waals surface area contributed by atoms with Gasteiger partial charge in [0, 0.05) is 6.04 Å². The van der Waals surface area contributed by atoms with E-state index in [1.807, 2.05) is 6.92 Å². The van der Waals surface area contributed by atoms with E-state index in [1.54, 1.807) is 6.07 Å². The van der Waals surface area contributed by atoms with Crippen LogP contribution in [-0.2, 0) is 10.0 Å². The Kier molecular flexibility index (Phi) is 2.72. The van der Waals surface area contributed by atoms with Crippen LogP contribution in [0.5, 0.6) is 0 Å². The lowest BCUT2D eigenvalue weighted by atomic mass is 10.4. The van der Waals surface area contributed by atoms with Gasteiger partial charge in [0.25, 0.3) is 0 Å². The molecule has 0 saturated heterocycles. The Morgan fingerprint density at radius 3 is 2.64 bits per heavy atom. The molecule has 0 spiro atoms. The van der Waals surface area contributed by atoms with Crippen molar-refractivity contribution in [3.63, 3.8) is 0 Å². The highest BCUT2D eigenvalue weighted by molar-refractivity contribution is 9.11. The SMILES string of the molecule is Cc1cc(S(=O)(=O)NC2CC2)sc1Br. The van der Waals surface area contributed by atoms with Crippen molar-refractivity contribution in [3.05, 3.63) is 15.4 Å². The molecule has 1 saturated carbocycles. The van der Waals surface area contributed by atoms with Gasteiger partial charge >= 0.3 is 0 Å². The monoisotopic (exact) mass is 295 g/mol. The summed E-state index contributed by atoms with van der Waals surface area (Å²) in [5, 5.41) is 0. The van der Waals surface area contributed by atoms with Gasteiger partial charge in [-0.05, 0) is 47.3 Å². The van der Waals surface area contributed by atoms with Crippen molar-refractivity contribution in [1.29, 1.82) is 0 Å². The minimum Gasteiger partial charge on any atom is -0.207 e. The van der Waals surface area contributed by atoms with Crippen molar-refractivity contribution in [1.82, 2.24) is 4.72 Å². The first-order chi connectivity index (χ1) is 6.49. The molecule has 1 aromatic heterocycles. The van der Waals surface area contributed by atoms with E-state index in [0.29, 0.717) is 4.21 Å². The fraction of sp³-hybridized carbons (Fsp3) is 0.500. The Morgan fingerprint density at radius 1 is 1.57 bits per heavy atom. The summed E-state index contributed by atoms with van der Waals surface area (Å²) < 4.78 is 27.4. The summed E-state index contributed by atoms with van der Waals surface area (Å²) in [6, 6.07) is 1.86. The first-order valence-corrected chi connectivity index (χ1v) is 7.36. The van der Waals surface area contributed by atoms with E-state index in [9.17, 15) is 8.42 Å². The molecule has 14 heavy (non-hydrogen) atoms. The van der Waals surface area contributed by atoms with Gasteiger partial charge in [0.05, 0.1) is 3.79 Å². The topological polar surface area (TPSA) is 46.2 Å². The zero-order valence-corrected chi connectivity index (χ0v) is 10.8. The van der Waals surface area contributed by atoms with Crippen LogP contribution in [0.2, 0.25) is 0 Å². The largest absolute Gasteiger partial charge is 0.250 e. The van der Waals surface area contributed by atoms with E-state index < -0.39 is 10.0 Å². The number of nitrogens with one attached hydrogen (secondary N) is 1. The highest BCUT2D eigenvalue weighted by atomic mass is 79.9. The van der Waals surface area contributed by atoms with Crippen molar-refractivity contribution in [2.45, 2.75) is 30.0 Å². The molecule has 1 N–H and O–H groups in total. The predicted molar refractivity (Wildman–Crippen MR) is 60.1 cm³/mol. The van der Waals surface area contributed by atoms with E-state index in [-0.39, 0.29) is 6.04 Å². The molecular weight excluding hydrogens is 286 g/mol. The Morgan fingerprint density at radius 2 is 2.21 bits per heavy atom. The molecule has 78 valence electrons. The molecule has 0 bridgehead atoms. The quantitative estimate of drug-likeness (QED) is 0.930. The van der Waals surface area contributed by atoms with Gasteiger partial charge in [0.15, 0.2) is 0 Å². The lowest BCUT2D eigenvalue weighted by Gasteiger charge is -2.00. The van der Waals surface area contributed by atoms with E-state index in [0.717, 1.165) is 22.2 Å². The van der Waals surface area contributed by atoms with Crippen molar-refractivity contribution in [3.8, 4) is 0 Å². The van der Waals surface area contributed by atoms with Gasteiger partial charge in [-0.3, -0.25) is 0 Å². The molecular formula is C8H10BrNO2S2. The van der Waals surface area contributed by atoms with E-state index in [4.69, 9.17) is 0 Å². The van der Waals surface area contributed by atoms with E-state index in [1.165, 1.54) is 11.3 Å². The molecule has 0 atom stereocenters. The predicted octanol–water partition coefficient (Wildman–Crippen LogP) is 2.26. The van der Waals surface area contributed by atoms with Crippen LogP contribution >= 0.6 is 27.3 Å². The highest BCUT2D eigenvalue weighted by Crippen LogP contribution is 2.31. The second-order valence-electron chi connectivity index (χ2n) is 3.42. The van der Waals surface area contributed by atoms with Crippen molar-refractivity contribution < 1.29 is 8.42 Å². The highest BCUT2D eigenvalue weighted by Gasteiger charge is 2.29. The summed E-state index contributed by atoms with van der Waals surface area (Å²) in [5.41, 5.74) is 0.964. The molecule has 0 aromatic carbocycles. The molecule has 0 amide bonds. The smallest absolute Gasteiger partial charge is 0.207 e. The molecule has 2 rings (SSSR count). The lowest BCUT2D eigenvalue weighted by Crippen LogP contribution is -2.24. The van der Waals surface area contributed by atoms with Crippen molar-refractivity contribution >= 4 is 37.3 Å². The van der Waals surface area contributed by atoms with Crippen LogP contribution in [0.4, 0.5) is 0 Å². The summed E-state index contributed by atoms with van der Waals surface area (Å²) in [6.45, 7) is 1.89. The standard InChI is InChI=1S/C8H10BrNO2S2/c1-5-4-7(13-8(5)9)14(11,12)10-6-2-3-6/h4,6,10H,2-3H2,1H3. The van der Waals surface area contributed by atoms with Gasteiger partial charge in [0.1, 0.15) is 4.21 Å².